The SMILES string of the molecule is CCCOC(=O)Oc1cc(C)c(OC(=O)OCCC)c2cc(C)ccc12. The van der Waals surface area contributed by atoms with Gasteiger partial charge in [0.05, 0.1) is 13.2 Å². The van der Waals surface area contributed by atoms with E-state index in [0.29, 0.717) is 53.9 Å². The summed E-state index contributed by atoms with van der Waals surface area (Å²) in [5.74, 6) is 0.743. The summed E-state index contributed by atoms with van der Waals surface area (Å²) in [4.78, 5) is 23.7. The molecule has 0 radical (unpaired) electrons. The van der Waals surface area contributed by atoms with Gasteiger partial charge in [-0.3, -0.25) is 0 Å². The van der Waals surface area contributed by atoms with Gasteiger partial charge in [0.1, 0.15) is 11.5 Å². The fourth-order valence-corrected chi connectivity index (χ4v) is 2.44. The summed E-state index contributed by atoms with van der Waals surface area (Å²) < 4.78 is 20.7. The Morgan fingerprint density at radius 2 is 1.46 bits per heavy atom. The molecule has 0 aliphatic carbocycles. The molecule has 0 aromatic heterocycles. The quantitative estimate of drug-likeness (QED) is 0.514. The lowest BCUT2D eigenvalue weighted by Gasteiger charge is -2.15. The molecule has 0 heterocycles. The van der Waals surface area contributed by atoms with Crippen LogP contribution in [0.5, 0.6) is 11.5 Å². The maximum atomic E-state index is 11.9. The van der Waals surface area contributed by atoms with Crippen LogP contribution in [0.1, 0.15) is 37.8 Å². The minimum atomic E-state index is -0.760. The largest absolute Gasteiger partial charge is 0.513 e. The molecule has 0 saturated heterocycles. The van der Waals surface area contributed by atoms with Gasteiger partial charge >= 0.3 is 12.3 Å². The minimum Gasteiger partial charge on any atom is -0.434 e. The molecule has 2 aromatic carbocycles. The van der Waals surface area contributed by atoms with Gasteiger partial charge in [0.15, 0.2) is 0 Å². The number of aryl methyl sites for hydroxylation is 2. The molecule has 0 aliphatic heterocycles. The van der Waals surface area contributed by atoms with Crippen LogP contribution in [0.4, 0.5) is 9.59 Å². The molecule has 0 fully saturated rings. The molecule has 140 valence electrons. The number of carbonyl (C=O) groups is 2. The Morgan fingerprint density at radius 3 is 2.08 bits per heavy atom. The maximum absolute atomic E-state index is 11.9. The Labute approximate surface area is 153 Å². The fraction of sp³-hybridized carbons (Fsp3) is 0.400. The Hall–Kier alpha value is -2.76. The zero-order valence-corrected chi connectivity index (χ0v) is 15.6. The van der Waals surface area contributed by atoms with Gasteiger partial charge in [-0.05, 0) is 44.4 Å². The van der Waals surface area contributed by atoms with E-state index in [1.165, 1.54) is 0 Å². The fourth-order valence-electron chi connectivity index (χ4n) is 2.44. The highest BCUT2D eigenvalue weighted by Crippen LogP contribution is 2.37. The minimum absolute atomic E-state index is 0.291. The highest BCUT2D eigenvalue weighted by atomic mass is 16.7. The van der Waals surface area contributed by atoms with Crippen molar-refractivity contribution < 1.29 is 28.5 Å². The number of fused-ring (bicyclic) bond motifs is 1. The smallest absolute Gasteiger partial charge is 0.434 e. The normalized spacial score (nSPS) is 10.5. The van der Waals surface area contributed by atoms with Crippen LogP contribution < -0.4 is 9.47 Å². The lowest BCUT2D eigenvalue weighted by atomic mass is 10.0. The third-order valence-corrected chi connectivity index (χ3v) is 3.62. The zero-order valence-electron chi connectivity index (χ0n) is 15.6. The van der Waals surface area contributed by atoms with Crippen LogP contribution in [-0.4, -0.2) is 25.5 Å². The van der Waals surface area contributed by atoms with E-state index in [9.17, 15) is 9.59 Å². The number of carbonyl (C=O) groups excluding carboxylic acids is 2. The number of hydrogen-bond donors (Lipinski definition) is 0. The van der Waals surface area contributed by atoms with Crippen LogP contribution in [-0.2, 0) is 9.47 Å². The summed E-state index contributed by atoms with van der Waals surface area (Å²) in [5.41, 5.74) is 1.63. The Bertz CT molecular complexity index is 796. The van der Waals surface area contributed by atoms with Crippen molar-refractivity contribution in [3.8, 4) is 11.5 Å². The third kappa shape index (κ3) is 4.88. The van der Waals surface area contributed by atoms with Crippen LogP contribution in [0.3, 0.4) is 0 Å². The van der Waals surface area contributed by atoms with Crippen molar-refractivity contribution in [2.75, 3.05) is 13.2 Å². The van der Waals surface area contributed by atoms with Gasteiger partial charge in [0.2, 0.25) is 0 Å². The summed E-state index contributed by atoms with van der Waals surface area (Å²) in [6.45, 7) is 8.09. The summed E-state index contributed by atoms with van der Waals surface area (Å²) in [7, 11) is 0. The molecule has 6 heteroatoms. The summed E-state index contributed by atoms with van der Waals surface area (Å²) >= 11 is 0. The van der Waals surface area contributed by atoms with Crippen LogP contribution in [0, 0.1) is 13.8 Å². The van der Waals surface area contributed by atoms with Gasteiger partial charge in [-0.2, -0.15) is 0 Å². The van der Waals surface area contributed by atoms with Crippen molar-refractivity contribution in [2.45, 2.75) is 40.5 Å². The zero-order chi connectivity index (χ0) is 19.1. The molecule has 0 amide bonds. The average molecular weight is 360 g/mol. The van der Waals surface area contributed by atoms with Crippen LogP contribution in [0.25, 0.3) is 10.8 Å². The van der Waals surface area contributed by atoms with Crippen molar-refractivity contribution >= 4 is 23.1 Å². The van der Waals surface area contributed by atoms with Gasteiger partial charge in [-0.25, -0.2) is 9.59 Å². The van der Waals surface area contributed by atoms with E-state index in [-0.39, 0.29) is 0 Å². The molecule has 2 aromatic rings. The van der Waals surface area contributed by atoms with Crippen molar-refractivity contribution in [1.82, 2.24) is 0 Å². The first kappa shape index (κ1) is 19.6. The van der Waals surface area contributed by atoms with Crippen molar-refractivity contribution in [3.63, 3.8) is 0 Å². The van der Waals surface area contributed by atoms with E-state index >= 15 is 0 Å². The second kappa shape index (κ2) is 9.08. The predicted octanol–water partition coefficient (Wildman–Crippen LogP) is 5.31. The molecule has 6 nitrogen and oxygen atoms in total. The summed E-state index contributed by atoms with van der Waals surface area (Å²) in [6.07, 6.45) is -0.0978. The molecule has 0 aliphatic rings. The van der Waals surface area contributed by atoms with Crippen LogP contribution >= 0.6 is 0 Å². The number of benzene rings is 2. The summed E-state index contributed by atoms with van der Waals surface area (Å²) in [5, 5.41) is 1.31. The highest BCUT2D eigenvalue weighted by Gasteiger charge is 2.18. The molecule has 2 rings (SSSR count). The number of hydrogen-bond acceptors (Lipinski definition) is 6. The second-order valence-corrected chi connectivity index (χ2v) is 5.97. The number of rotatable bonds is 6. The molecule has 26 heavy (non-hydrogen) atoms. The maximum Gasteiger partial charge on any atom is 0.513 e. The first-order valence-electron chi connectivity index (χ1n) is 8.69. The van der Waals surface area contributed by atoms with E-state index in [2.05, 4.69) is 0 Å². The molecule has 0 bridgehead atoms. The lowest BCUT2D eigenvalue weighted by molar-refractivity contribution is 0.0975. The molecule has 0 N–H and O–H groups in total. The van der Waals surface area contributed by atoms with Crippen molar-refractivity contribution in [3.05, 3.63) is 35.4 Å². The van der Waals surface area contributed by atoms with E-state index in [1.807, 2.05) is 39.0 Å². The highest BCUT2D eigenvalue weighted by molar-refractivity contribution is 5.97. The first-order chi connectivity index (χ1) is 12.5. The van der Waals surface area contributed by atoms with Crippen LogP contribution in [0.2, 0.25) is 0 Å². The van der Waals surface area contributed by atoms with Gasteiger partial charge in [0, 0.05) is 10.8 Å². The Morgan fingerprint density at radius 1 is 0.846 bits per heavy atom. The monoisotopic (exact) mass is 360 g/mol. The average Bonchev–Trinajstić information content (AvgIpc) is 2.61. The topological polar surface area (TPSA) is 71.1 Å². The van der Waals surface area contributed by atoms with Gasteiger partial charge < -0.3 is 18.9 Å². The third-order valence-electron chi connectivity index (χ3n) is 3.62. The standard InChI is InChI=1S/C20H24O6/c1-5-9-23-19(21)25-17-12-14(4)18(26-20(22)24-10-6-2)16-11-13(3)7-8-15(16)17/h7-8,11-12H,5-6,9-10H2,1-4H3. The van der Waals surface area contributed by atoms with E-state index in [1.54, 1.807) is 13.0 Å². The molecule has 0 atom stereocenters. The van der Waals surface area contributed by atoms with Gasteiger partial charge in [0.25, 0.3) is 0 Å². The van der Waals surface area contributed by atoms with Gasteiger partial charge in [-0.1, -0.05) is 31.5 Å². The summed E-state index contributed by atoms with van der Waals surface area (Å²) in [6, 6.07) is 7.22. The molecular weight excluding hydrogens is 336 g/mol. The van der Waals surface area contributed by atoms with E-state index in [0.717, 1.165) is 5.56 Å². The molecule has 0 saturated carbocycles. The first-order valence-corrected chi connectivity index (χ1v) is 8.69. The molecular formula is C20H24O6. The van der Waals surface area contributed by atoms with Crippen molar-refractivity contribution in [2.24, 2.45) is 0 Å². The molecule has 0 unspecified atom stereocenters. The Balaban J connectivity index is 2.40. The lowest BCUT2D eigenvalue weighted by Crippen LogP contribution is -2.13. The predicted molar refractivity (Wildman–Crippen MR) is 98.0 cm³/mol. The number of ether oxygens (including phenoxy) is 4. The van der Waals surface area contributed by atoms with Gasteiger partial charge in [-0.15, -0.1) is 0 Å². The van der Waals surface area contributed by atoms with Crippen molar-refractivity contribution in [1.29, 1.82) is 0 Å². The molecule has 0 spiro atoms. The van der Waals surface area contributed by atoms with E-state index < -0.39 is 12.3 Å². The Kier molecular flexibility index (Phi) is 6.83. The van der Waals surface area contributed by atoms with E-state index in [4.69, 9.17) is 18.9 Å². The van der Waals surface area contributed by atoms with Crippen LogP contribution in [0.15, 0.2) is 24.3 Å². The second-order valence-electron chi connectivity index (χ2n) is 5.97.